The van der Waals surface area contributed by atoms with Crippen molar-refractivity contribution in [3.63, 3.8) is 0 Å². The monoisotopic (exact) mass is 380 g/mol. The van der Waals surface area contributed by atoms with E-state index in [9.17, 15) is 9.59 Å². The summed E-state index contributed by atoms with van der Waals surface area (Å²) in [6.45, 7) is 8.56. The van der Waals surface area contributed by atoms with Gasteiger partial charge in [0.1, 0.15) is 5.75 Å². The maximum Gasteiger partial charge on any atom is 0.229 e. The molecule has 0 aliphatic carbocycles. The van der Waals surface area contributed by atoms with Crippen molar-refractivity contribution in [1.29, 1.82) is 0 Å². The van der Waals surface area contributed by atoms with Crippen LogP contribution in [-0.2, 0) is 9.59 Å². The zero-order chi connectivity index (χ0) is 19.2. The largest absolute Gasteiger partial charge is 0.493 e. The smallest absolute Gasteiger partial charge is 0.229 e. The highest BCUT2D eigenvalue weighted by atomic mass is 35.5. The van der Waals surface area contributed by atoms with Crippen LogP contribution in [0.25, 0.3) is 0 Å². The molecule has 0 spiro atoms. The third kappa shape index (κ3) is 5.37. The van der Waals surface area contributed by atoms with Crippen molar-refractivity contribution in [1.82, 2.24) is 9.80 Å². The molecule has 1 aromatic carbocycles. The highest BCUT2D eigenvalue weighted by Gasteiger charge is 2.33. The number of para-hydroxylation sites is 1. The maximum atomic E-state index is 12.4. The van der Waals surface area contributed by atoms with E-state index in [4.69, 9.17) is 16.3 Å². The van der Waals surface area contributed by atoms with Gasteiger partial charge < -0.3 is 14.5 Å². The molecule has 26 heavy (non-hydrogen) atoms. The van der Waals surface area contributed by atoms with Crippen LogP contribution >= 0.6 is 11.6 Å². The normalized spacial score (nSPS) is 15.1. The first-order chi connectivity index (χ1) is 12.3. The number of nitrogens with zero attached hydrogens (tertiary/aromatic N) is 2. The van der Waals surface area contributed by atoms with Crippen LogP contribution in [0, 0.1) is 12.3 Å². The number of piperazine rings is 1. The summed E-state index contributed by atoms with van der Waals surface area (Å²) in [5.41, 5.74) is 0.542. The van der Waals surface area contributed by atoms with Gasteiger partial charge in [-0.3, -0.25) is 9.59 Å². The van der Waals surface area contributed by atoms with Crippen molar-refractivity contribution in [2.75, 3.05) is 38.7 Å². The van der Waals surface area contributed by atoms with E-state index in [1.54, 1.807) is 0 Å². The lowest BCUT2D eigenvalue weighted by Gasteiger charge is -2.38. The van der Waals surface area contributed by atoms with E-state index in [1.165, 1.54) is 0 Å². The van der Waals surface area contributed by atoms with Crippen LogP contribution in [0.2, 0.25) is 0 Å². The van der Waals surface area contributed by atoms with Crippen LogP contribution in [0.15, 0.2) is 24.3 Å². The van der Waals surface area contributed by atoms with Gasteiger partial charge in [-0.15, -0.1) is 11.6 Å². The molecule has 5 nitrogen and oxygen atoms in total. The predicted octanol–water partition coefficient (Wildman–Crippen LogP) is 3.09. The van der Waals surface area contributed by atoms with Crippen LogP contribution in [-0.4, -0.2) is 60.3 Å². The Hall–Kier alpha value is -1.75. The fraction of sp³-hybridized carbons (Fsp3) is 0.600. The van der Waals surface area contributed by atoms with Gasteiger partial charge in [-0.1, -0.05) is 18.2 Å². The van der Waals surface area contributed by atoms with E-state index in [-0.39, 0.29) is 11.8 Å². The van der Waals surface area contributed by atoms with E-state index in [0.29, 0.717) is 51.5 Å². The molecule has 144 valence electrons. The van der Waals surface area contributed by atoms with Gasteiger partial charge in [0.05, 0.1) is 12.0 Å². The summed E-state index contributed by atoms with van der Waals surface area (Å²) in [6.07, 6.45) is 1.15. The van der Waals surface area contributed by atoms with E-state index >= 15 is 0 Å². The minimum atomic E-state index is -0.555. The van der Waals surface area contributed by atoms with Gasteiger partial charge in [0.2, 0.25) is 11.8 Å². The first-order valence-corrected chi connectivity index (χ1v) is 9.70. The summed E-state index contributed by atoms with van der Waals surface area (Å²) < 4.78 is 5.74. The van der Waals surface area contributed by atoms with Gasteiger partial charge in [-0.05, 0) is 38.8 Å². The van der Waals surface area contributed by atoms with Gasteiger partial charge in [0.25, 0.3) is 0 Å². The van der Waals surface area contributed by atoms with Gasteiger partial charge in [0, 0.05) is 38.5 Å². The number of alkyl halides is 1. The van der Waals surface area contributed by atoms with E-state index in [1.807, 2.05) is 54.8 Å². The molecule has 0 atom stereocenters. The second-order valence-corrected chi connectivity index (χ2v) is 7.68. The van der Waals surface area contributed by atoms with E-state index in [2.05, 4.69) is 0 Å². The summed E-state index contributed by atoms with van der Waals surface area (Å²) in [6, 6.07) is 7.87. The highest BCUT2D eigenvalue weighted by molar-refractivity contribution is 6.19. The number of hydrogen-bond donors (Lipinski definition) is 0. The lowest BCUT2D eigenvalue weighted by molar-refractivity contribution is -0.144. The van der Waals surface area contributed by atoms with Gasteiger partial charge in [-0.2, -0.15) is 0 Å². The summed E-state index contributed by atoms with van der Waals surface area (Å²) in [4.78, 5) is 28.4. The molecule has 1 heterocycles. The third-order valence-corrected chi connectivity index (χ3v) is 5.39. The SMILES string of the molecule is Cc1ccccc1OCCCC(=O)N1CCN(C(=O)C(C)(C)CCl)CC1. The summed E-state index contributed by atoms with van der Waals surface area (Å²) >= 11 is 5.89. The van der Waals surface area contributed by atoms with Crippen LogP contribution in [0.4, 0.5) is 0 Å². The third-order valence-electron chi connectivity index (χ3n) is 4.72. The zero-order valence-corrected chi connectivity index (χ0v) is 16.7. The number of hydrogen-bond acceptors (Lipinski definition) is 3. The molecule has 0 aromatic heterocycles. The standard InChI is InChI=1S/C20H29ClN2O3/c1-16-7-4-5-8-17(16)26-14-6-9-18(24)22-10-12-23(13-11-22)19(25)20(2,3)15-21/h4-5,7-8H,6,9-15H2,1-3H3. The Balaban J connectivity index is 1.70. The number of amides is 2. The quantitative estimate of drug-likeness (QED) is 0.539. The van der Waals surface area contributed by atoms with Crippen molar-refractivity contribution < 1.29 is 14.3 Å². The number of rotatable bonds is 7. The average Bonchev–Trinajstić information content (AvgIpc) is 2.65. The lowest BCUT2D eigenvalue weighted by atomic mass is 9.94. The molecule has 0 unspecified atom stereocenters. The summed E-state index contributed by atoms with van der Waals surface area (Å²) in [5.74, 6) is 1.36. The molecule has 1 saturated heterocycles. The Kier molecular flexibility index (Phi) is 7.33. The minimum absolute atomic E-state index is 0.0613. The Labute approximate surface area is 161 Å². The molecule has 1 aromatic rings. The number of carbonyl (C=O) groups excluding carboxylic acids is 2. The molecule has 1 fully saturated rings. The van der Waals surface area contributed by atoms with Crippen molar-refractivity contribution in [2.24, 2.45) is 5.41 Å². The number of carbonyl (C=O) groups is 2. The molecule has 0 bridgehead atoms. The zero-order valence-electron chi connectivity index (χ0n) is 16.0. The van der Waals surface area contributed by atoms with Crippen molar-refractivity contribution in [3.8, 4) is 5.75 Å². The van der Waals surface area contributed by atoms with Crippen LogP contribution in [0.5, 0.6) is 5.75 Å². The Bertz CT molecular complexity index is 625. The minimum Gasteiger partial charge on any atom is -0.493 e. The summed E-state index contributed by atoms with van der Waals surface area (Å²) in [7, 11) is 0. The van der Waals surface area contributed by atoms with E-state index in [0.717, 1.165) is 11.3 Å². The van der Waals surface area contributed by atoms with Crippen LogP contribution < -0.4 is 4.74 Å². The molecular formula is C20H29ClN2O3. The average molecular weight is 381 g/mol. The van der Waals surface area contributed by atoms with Gasteiger partial charge >= 0.3 is 0 Å². The second kappa shape index (κ2) is 9.26. The number of aryl methyl sites for hydroxylation is 1. The van der Waals surface area contributed by atoms with Gasteiger partial charge in [-0.25, -0.2) is 0 Å². The molecule has 1 aliphatic rings. The molecule has 1 aliphatic heterocycles. The topological polar surface area (TPSA) is 49.9 Å². The molecule has 2 rings (SSSR count). The maximum absolute atomic E-state index is 12.4. The fourth-order valence-electron chi connectivity index (χ4n) is 2.93. The highest BCUT2D eigenvalue weighted by Crippen LogP contribution is 2.22. The second-order valence-electron chi connectivity index (χ2n) is 7.41. The lowest BCUT2D eigenvalue weighted by Crippen LogP contribution is -2.53. The number of halogens is 1. The van der Waals surface area contributed by atoms with Gasteiger partial charge in [0.15, 0.2) is 0 Å². The van der Waals surface area contributed by atoms with Crippen molar-refractivity contribution >= 4 is 23.4 Å². The molecular weight excluding hydrogens is 352 g/mol. The predicted molar refractivity (Wildman–Crippen MR) is 104 cm³/mol. The summed E-state index contributed by atoms with van der Waals surface area (Å²) in [5, 5.41) is 0. The van der Waals surface area contributed by atoms with E-state index < -0.39 is 5.41 Å². The van der Waals surface area contributed by atoms with Crippen LogP contribution in [0.3, 0.4) is 0 Å². The number of benzene rings is 1. The first kappa shape index (κ1) is 20.6. The molecule has 0 radical (unpaired) electrons. The molecule has 2 amide bonds. The van der Waals surface area contributed by atoms with Crippen molar-refractivity contribution in [2.45, 2.75) is 33.6 Å². The Morgan fingerprint density at radius 2 is 1.73 bits per heavy atom. The molecule has 0 N–H and O–H groups in total. The fourth-order valence-corrected chi connectivity index (χ4v) is 3.04. The Morgan fingerprint density at radius 1 is 1.12 bits per heavy atom. The number of ether oxygens (including phenoxy) is 1. The van der Waals surface area contributed by atoms with Crippen molar-refractivity contribution in [3.05, 3.63) is 29.8 Å². The van der Waals surface area contributed by atoms with Crippen LogP contribution in [0.1, 0.15) is 32.3 Å². The molecule has 6 heteroatoms. The molecule has 0 saturated carbocycles. The first-order valence-electron chi connectivity index (χ1n) is 9.16. The Morgan fingerprint density at radius 3 is 2.35 bits per heavy atom.